The van der Waals surface area contributed by atoms with Crippen LogP contribution in [-0.4, -0.2) is 63.0 Å². The Morgan fingerprint density at radius 3 is 2.75 bits per heavy atom. The lowest BCUT2D eigenvalue weighted by molar-refractivity contribution is -0.161. The molecule has 1 unspecified atom stereocenters. The molecular weight excluding hydrogens is 210 g/mol. The van der Waals surface area contributed by atoms with Crippen LogP contribution < -0.4 is 0 Å². The third-order valence-corrected chi connectivity index (χ3v) is 3.27. The van der Waals surface area contributed by atoms with Gasteiger partial charge in [-0.15, -0.1) is 0 Å². The van der Waals surface area contributed by atoms with E-state index in [1.807, 2.05) is 0 Å². The van der Waals surface area contributed by atoms with Gasteiger partial charge in [0.05, 0.1) is 13.7 Å². The van der Waals surface area contributed by atoms with E-state index in [4.69, 9.17) is 14.2 Å². The molecule has 2 heterocycles. The molecule has 0 aromatic rings. The highest BCUT2D eigenvalue weighted by atomic mass is 16.6. The number of hydrogen-bond donors (Lipinski definition) is 0. The van der Waals surface area contributed by atoms with Crippen LogP contribution in [0, 0.1) is 0 Å². The van der Waals surface area contributed by atoms with E-state index in [1.165, 1.54) is 7.11 Å². The predicted molar refractivity (Wildman–Crippen MR) is 57.2 cm³/mol. The smallest absolute Gasteiger partial charge is 0.336 e. The van der Waals surface area contributed by atoms with E-state index >= 15 is 0 Å². The van der Waals surface area contributed by atoms with Crippen molar-refractivity contribution in [2.75, 3.05) is 40.0 Å². The van der Waals surface area contributed by atoms with Crippen molar-refractivity contribution in [3.05, 3.63) is 0 Å². The van der Waals surface area contributed by atoms with Crippen LogP contribution in [0.25, 0.3) is 0 Å². The molecule has 92 valence electrons. The maximum atomic E-state index is 11.4. The molecule has 1 atom stereocenters. The number of nitrogens with zero attached hydrogens (tertiary/aromatic N) is 1. The molecule has 0 radical (unpaired) electrons. The Bertz CT molecular complexity index is 240. The highest BCUT2D eigenvalue weighted by Crippen LogP contribution is 2.18. The number of carbonyl (C=O) groups is 1. The minimum absolute atomic E-state index is 0.267. The number of methoxy groups -OCH3 is 1. The van der Waals surface area contributed by atoms with Gasteiger partial charge in [-0.3, -0.25) is 4.90 Å². The number of morpholine rings is 1. The van der Waals surface area contributed by atoms with Gasteiger partial charge in [-0.2, -0.15) is 0 Å². The average molecular weight is 229 g/mol. The maximum Gasteiger partial charge on any atom is 0.336 e. The minimum Gasteiger partial charge on any atom is -0.467 e. The van der Waals surface area contributed by atoms with Gasteiger partial charge in [0, 0.05) is 32.3 Å². The molecular formula is C11H19NO4. The Morgan fingerprint density at radius 1 is 1.31 bits per heavy atom. The van der Waals surface area contributed by atoms with Gasteiger partial charge >= 0.3 is 5.97 Å². The highest BCUT2D eigenvalue weighted by Gasteiger charge is 2.31. The van der Waals surface area contributed by atoms with Crippen molar-refractivity contribution in [3.8, 4) is 0 Å². The van der Waals surface area contributed by atoms with Crippen molar-refractivity contribution in [1.82, 2.24) is 4.90 Å². The molecule has 0 spiro atoms. The first-order valence-electron chi connectivity index (χ1n) is 5.82. The summed E-state index contributed by atoms with van der Waals surface area (Å²) in [5.41, 5.74) is 0. The lowest BCUT2D eigenvalue weighted by Crippen LogP contribution is -2.51. The van der Waals surface area contributed by atoms with Crippen LogP contribution in [0.1, 0.15) is 12.8 Å². The molecule has 0 aromatic heterocycles. The van der Waals surface area contributed by atoms with Crippen LogP contribution in [0.4, 0.5) is 0 Å². The van der Waals surface area contributed by atoms with E-state index < -0.39 is 6.10 Å². The Labute approximate surface area is 95.6 Å². The molecule has 0 bridgehead atoms. The summed E-state index contributed by atoms with van der Waals surface area (Å²) in [4.78, 5) is 13.7. The standard InChI is InChI=1S/C11H19NO4/c1-14-11(13)10-8-12(4-7-16-10)9-2-5-15-6-3-9/h9-10H,2-8H2,1H3. The SMILES string of the molecule is COC(=O)C1CN(C2CCOCC2)CCO1. The van der Waals surface area contributed by atoms with Crippen molar-refractivity contribution in [1.29, 1.82) is 0 Å². The molecule has 2 fully saturated rings. The van der Waals surface area contributed by atoms with Gasteiger partial charge < -0.3 is 14.2 Å². The highest BCUT2D eigenvalue weighted by molar-refractivity contribution is 5.74. The molecule has 5 nitrogen and oxygen atoms in total. The fourth-order valence-electron chi connectivity index (χ4n) is 2.33. The third kappa shape index (κ3) is 2.72. The summed E-state index contributed by atoms with van der Waals surface area (Å²) in [5.74, 6) is -0.267. The number of hydrogen-bond acceptors (Lipinski definition) is 5. The summed E-state index contributed by atoms with van der Waals surface area (Å²) >= 11 is 0. The van der Waals surface area contributed by atoms with E-state index in [-0.39, 0.29) is 5.97 Å². The molecule has 16 heavy (non-hydrogen) atoms. The van der Waals surface area contributed by atoms with Crippen molar-refractivity contribution in [2.45, 2.75) is 25.0 Å². The number of ether oxygens (including phenoxy) is 3. The summed E-state index contributed by atoms with van der Waals surface area (Å²) in [7, 11) is 1.40. The Balaban J connectivity index is 1.87. The van der Waals surface area contributed by atoms with Crippen LogP contribution in [0.2, 0.25) is 0 Å². The molecule has 0 saturated carbocycles. The first kappa shape index (κ1) is 11.8. The molecule has 0 aromatic carbocycles. The Kier molecular flexibility index (Phi) is 4.15. The van der Waals surface area contributed by atoms with Gasteiger partial charge in [0.1, 0.15) is 0 Å². The van der Waals surface area contributed by atoms with Crippen LogP contribution in [0.3, 0.4) is 0 Å². The van der Waals surface area contributed by atoms with E-state index in [2.05, 4.69) is 4.90 Å². The van der Waals surface area contributed by atoms with Crippen molar-refractivity contribution >= 4 is 5.97 Å². The summed E-state index contributed by atoms with van der Waals surface area (Å²) in [6, 6.07) is 0.532. The third-order valence-electron chi connectivity index (χ3n) is 3.27. The van der Waals surface area contributed by atoms with Crippen LogP contribution in [-0.2, 0) is 19.0 Å². The van der Waals surface area contributed by atoms with E-state index in [0.29, 0.717) is 19.2 Å². The van der Waals surface area contributed by atoms with Gasteiger partial charge in [0.25, 0.3) is 0 Å². The molecule has 5 heteroatoms. The van der Waals surface area contributed by atoms with Crippen molar-refractivity contribution in [2.24, 2.45) is 0 Å². The maximum absolute atomic E-state index is 11.4. The average Bonchev–Trinajstić information content (AvgIpc) is 2.39. The molecule has 0 N–H and O–H groups in total. The lowest BCUT2D eigenvalue weighted by atomic mass is 10.1. The van der Waals surface area contributed by atoms with Gasteiger partial charge in [-0.05, 0) is 12.8 Å². The Hall–Kier alpha value is -0.650. The second-order valence-corrected chi connectivity index (χ2v) is 4.22. The fourth-order valence-corrected chi connectivity index (χ4v) is 2.33. The molecule has 2 rings (SSSR count). The molecule has 2 saturated heterocycles. The summed E-state index contributed by atoms with van der Waals surface area (Å²) < 4.78 is 15.5. The first-order valence-corrected chi connectivity index (χ1v) is 5.82. The fraction of sp³-hybridized carbons (Fsp3) is 0.909. The normalized spacial score (nSPS) is 28.9. The zero-order valence-electron chi connectivity index (χ0n) is 9.68. The van der Waals surface area contributed by atoms with Gasteiger partial charge in [-0.1, -0.05) is 0 Å². The predicted octanol–water partition coefficient (Wildman–Crippen LogP) is 0.0392. The molecule has 2 aliphatic rings. The van der Waals surface area contributed by atoms with Gasteiger partial charge in [0.2, 0.25) is 0 Å². The zero-order chi connectivity index (χ0) is 11.4. The summed E-state index contributed by atoms with van der Waals surface area (Å²) in [5, 5.41) is 0. The summed E-state index contributed by atoms with van der Waals surface area (Å²) in [6.45, 7) is 3.81. The first-order chi connectivity index (χ1) is 7.81. The van der Waals surface area contributed by atoms with Crippen molar-refractivity contribution < 1.29 is 19.0 Å². The number of esters is 1. The quantitative estimate of drug-likeness (QED) is 0.626. The van der Waals surface area contributed by atoms with Gasteiger partial charge in [-0.25, -0.2) is 4.79 Å². The van der Waals surface area contributed by atoms with E-state index in [1.54, 1.807) is 0 Å². The topological polar surface area (TPSA) is 48.0 Å². The minimum atomic E-state index is -0.415. The van der Waals surface area contributed by atoms with Crippen LogP contribution in [0.15, 0.2) is 0 Å². The second kappa shape index (κ2) is 5.61. The lowest BCUT2D eigenvalue weighted by Gasteiger charge is -2.38. The Morgan fingerprint density at radius 2 is 2.06 bits per heavy atom. The molecule has 0 amide bonds. The van der Waals surface area contributed by atoms with Crippen LogP contribution in [0.5, 0.6) is 0 Å². The van der Waals surface area contributed by atoms with Crippen LogP contribution >= 0.6 is 0 Å². The second-order valence-electron chi connectivity index (χ2n) is 4.22. The molecule has 0 aliphatic carbocycles. The molecule has 2 aliphatic heterocycles. The zero-order valence-corrected chi connectivity index (χ0v) is 9.68. The van der Waals surface area contributed by atoms with E-state index in [0.717, 1.165) is 32.6 Å². The largest absolute Gasteiger partial charge is 0.467 e. The summed E-state index contributed by atoms with van der Waals surface area (Å²) in [6.07, 6.45) is 1.68. The number of carbonyl (C=O) groups excluding carboxylic acids is 1. The monoisotopic (exact) mass is 229 g/mol. The van der Waals surface area contributed by atoms with E-state index in [9.17, 15) is 4.79 Å². The van der Waals surface area contributed by atoms with Crippen molar-refractivity contribution in [3.63, 3.8) is 0 Å². The van der Waals surface area contributed by atoms with Gasteiger partial charge in [0.15, 0.2) is 6.10 Å². The number of rotatable bonds is 2.